The number of hydrogen-bond acceptors (Lipinski definition) is 1. The predicted octanol–water partition coefficient (Wildman–Crippen LogP) is 4.82. The van der Waals surface area contributed by atoms with E-state index in [4.69, 9.17) is 23.2 Å². The van der Waals surface area contributed by atoms with Gasteiger partial charge in [-0.1, -0.05) is 58.4 Å². The van der Waals surface area contributed by atoms with Gasteiger partial charge in [0.25, 0.3) is 5.91 Å². The summed E-state index contributed by atoms with van der Waals surface area (Å²) in [7, 11) is 0. The van der Waals surface area contributed by atoms with Crippen LogP contribution in [-0.2, 0) is 0 Å². The molecule has 1 saturated carbocycles. The minimum atomic E-state index is -0.124. The van der Waals surface area contributed by atoms with Crippen LogP contribution < -0.4 is 5.32 Å². The molecule has 1 amide bonds. The smallest absolute Gasteiger partial charge is 0.251 e. The molecule has 1 N–H and O–H groups in total. The van der Waals surface area contributed by atoms with E-state index in [1.165, 1.54) is 6.42 Å². The highest BCUT2D eigenvalue weighted by atomic mass is 79.9. The fraction of sp³-hybridized carbons (Fsp3) is 0.500. The standard InChI is InChI=1S/C14H16BrCl2NO/c15-9-14(6-2-1-3-7-14)18-13(19)10-4-5-11(16)12(17)8-10/h4-5,8H,1-3,6-7,9H2,(H,18,19). The molecule has 0 saturated heterocycles. The van der Waals surface area contributed by atoms with Crippen molar-refractivity contribution in [1.82, 2.24) is 5.32 Å². The Kier molecular flexibility index (Phi) is 5.15. The van der Waals surface area contributed by atoms with Crippen molar-refractivity contribution in [1.29, 1.82) is 0 Å². The molecule has 1 aromatic carbocycles. The number of nitrogens with one attached hydrogen (secondary N) is 1. The third kappa shape index (κ3) is 3.65. The van der Waals surface area contributed by atoms with Gasteiger partial charge >= 0.3 is 0 Å². The highest BCUT2D eigenvalue weighted by Crippen LogP contribution is 2.30. The number of rotatable bonds is 3. The maximum atomic E-state index is 12.3. The second-order valence-electron chi connectivity index (χ2n) is 5.06. The Morgan fingerprint density at radius 2 is 1.89 bits per heavy atom. The lowest BCUT2D eigenvalue weighted by atomic mass is 9.83. The molecule has 0 spiro atoms. The summed E-state index contributed by atoms with van der Waals surface area (Å²) in [5, 5.41) is 4.81. The Labute approximate surface area is 132 Å². The highest BCUT2D eigenvalue weighted by molar-refractivity contribution is 9.09. The number of amides is 1. The molecule has 0 bridgehead atoms. The number of benzene rings is 1. The van der Waals surface area contributed by atoms with Crippen molar-refractivity contribution in [3.8, 4) is 0 Å². The first kappa shape index (κ1) is 15.1. The summed E-state index contributed by atoms with van der Waals surface area (Å²) in [6.45, 7) is 0. The zero-order chi connectivity index (χ0) is 13.9. The maximum Gasteiger partial charge on any atom is 0.251 e. The van der Waals surface area contributed by atoms with Crippen molar-refractivity contribution < 1.29 is 4.79 Å². The summed E-state index contributed by atoms with van der Waals surface area (Å²) in [5.41, 5.74) is 0.432. The molecule has 19 heavy (non-hydrogen) atoms. The third-order valence-electron chi connectivity index (χ3n) is 3.63. The highest BCUT2D eigenvalue weighted by Gasteiger charge is 2.32. The Bertz CT molecular complexity index is 473. The molecule has 2 rings (SSSR count). The van der Waals surface area contributed by atoms with E-state index in [0.717, 1.165) is 31.0 Å². The molecule has 104 valence electrons. The summed E-state index contributed by atoms with van der Waals surface area (Å²) < 4.78 is 0. The summed E-state index contributed by atoms with van der Waals surface area (Å²) in [5.74, 6) is -0.0834. The maximum absolute atomic E-state index is 12.3. The van der Waals surface area contributed by atoms with Crippen molar-refractivity contribution in [3.05, 3.63) is 33.8 Å². The number of hydrogen-bond donors (Lipinski definition) is 1. The first-order valence-electron chi connectivity index (χ1n) is 6.40. The van der Waals surface area contributed by atoms with Gasteiger partial charge in [0.2, 0.25) is 0 Å². The summed E-state index contributed by atoms with van der Waals surface area (Å²) >= 11 is 15.3. The van der Waals surface area contributed by atoms with E-state index in [-0.39, 0.29) is 11.4 Å². The molecule has 0 heterocycles. The van der Waals surface area contributed by atoms with Crippen LogP contribution in [0.4, 0.5) is 0 Å². The Hall–Kier alpha value is -0.250. The van der Waals surface area contributed by atoms with Gasteiger partial charge in [0.05, 0.1) is 15.6 Å². The van der Waals surface area contributed by atoms with Crippen molar-refractivity contribution in [2.24, 2.45) is 0 Å². The predicted molar refractivity (Wildman–Crippen MR) is 83.5 cm³/mol. The van der Waals surface area contributed by atoms with Gasteiger partial charge in [-0.3, -0.25) is 4.79 Å². The van der Waals surface area contributed by atoms with Crippen LogP contribution in [0.2, 0.25) is 10.0 Å². The van der Waals surface area contributed by atoms with Crippen LogP contribution in [0, 0.1) is 0 Å². The number of alkyl halides is 1. The van der Waals surface area contributed by atoms with E-state index >= 15 is 0 Å². The molecular weight excluding hydrogens is 349 g/mol. The number of halogens is 3. The van der Waals surface area contributed by atoms with Gasteiger partial charge < -0.3 is 5.32 Å². The van der Waals surface area contributed by atoms with Crippen LogP contribution in [0.5, 0.6) is 0 Å². The fourth-order valence-electron chi connectivity index (χ4n) is 2.47. The molecule has 1 fully saturated rings. The molecule has 0 atom stereocenters. The molecule has 0 unspecified atom stereocenters. The largest absolute Gasteiger partial charge is 0.346 e. The zero-order valence-corrected chi connectivity index (χ0v) is 13.6. The molecule has 2 nitrogen and oxygen atoms in total. The van der Waals surface area contributed by atoms with Crippen molar-refractivity contribution in [2.75, 3.05) is 5.33 Å². The van der Waals surface area contributed by atoms with E-state index in [1.54, 1.807) is 18.2 Å². The molecule has 1 aliphatic rings. The summed E-state index contributed by atoms with van der Waals surface area (Å²) in [4.78, 5) is 12.3. The van der Waals surface area contributed by atoms with Gasteiger partial charge in [0.15, 0.2) is 0 Å². The number of carbonyl (C=O) groups is 1. The van der Waals surface area contributed by atoms with Gasteiger partial charge in [0, 0.05) is 10.9 Å². The van der Waals surface area contributed by atoms with Gasteiger partial charge in [-0.25, -0.2) is 0 Å². The molecule has 0 aliphatic heterocycles. The van der Waals surface area contributed by atoms with Crippen LogP contribution in [-0.4, -0.2) is 16.8 Å². The lowest BCUT2D eigenvalue weighted by Crippen LogP contribution is -2.51. The van der Waals surface area contributed by atoms with Gasteiger partial charge in [-0.2, -0.15) is 0 Å². The van der Waals surface area contributed by atoms with Crippen LogP contribution in [0.25, 0.3) is 0 Å². The quantitative estimate of drug-likeness (QED) is 0.765. The Morgan fingerprint density at radius 3 is 2.47 bits per heavy atom. The SMILES string of the molecule is O=C(NC1(CBr)CCCCC1)c1ccc(Cl)c(Cl)c1. The summed E-state index contributed by atoms with van der Waals surface area (Å²) in [6.07, 6.45) is 5.61. The zero-order valence-electron chi connectivity index (χ0n) is 10.5. The van der Waals surface area contributed by atoms with Crippen LogP contribution in [0.15, 0.2) is 18.2 Å². The molecule has 0 radical (unpaired) electrons. The molecule has 0 aromatic heterocycles. The molecule has 5 heteroatoms. The van der Waals surface area contributed by atoms with Crippen molar-refractivity contribution in [3.63, 3.8) is 0 Å². The molecule has 1 aromatic rings. The lowest BCUT2D eigenvalue weighted by molar-refractivity contribution is 0.0886. The second-order valence-corrected chi connectivity index (χ2v) is 6.43. The second kappa shape index (κ2) is 6.47. The van der Waals surface area contributed by atoms with Crippen molar-refractivity contribution >= 4 is 45.0 Å². The van der Waals surface area contributed by atoms with E-state index < -0.39 is 0 Å². The van der Waals surface area contributed by atoms with Gasteiger partial charge in [-0.15, -0.1) is 0 Å². The Balaban J connectivity index is 2.12. The Morgan fingerprint density at radius 1 is 1.21 bits per heavy atom. The van der Waals surface area contributed by atoms with Crippen LogP contribution in [0.1, 0.15) is 42.5 Å². The van der Waals surface area contributed by atoms with E-state index in [1.807, 2.05) is 0 Å². The molecular formula is C14H16BrCl2NO. The van der Waals surface area contributed by atoms with Crippen molar-refractivity contribution in [2.45, 2.75) is 37.6 Å². The van der Waals surface area contributed by atoms with Crippen LogP contribution in [0.3, 0.4) is 0 Å². The van der Waals surface area contributed by atoms with Crippen LogP contribution >= 0.6 is 39.1 Å². The topological polar surface area (TPSA) is 29.1 Å². The van der Waals surface area contributed by atoms with E-state index in [9.17, 15) is 4.79 Å². The lowest BCUT2D eigenvalue weighted by Gasteiger charge is -2.36. The van der Waals surface area contributed by atoms with E-state index in [0.29, 0.717) is 15.6 Å². The first-order valence-corrected chi connectivity index (χ1v) is 8.28. The average molecular weight is 365 g/mol. The van der Waals surface area contributed by atoms with Gasteiger partial charge in [0.1, 0.15) is 0 Å². The number of carbonyl (C=O) groups excluding carboxylic acids is 1. The molecule has 1 aliphatic carbocycles. The third-order valence-corrected chi connectivity index (χ3v) is 5.44. The minimum Gasteiger partial charge on any atom is -0.346 e. The fourth-order valence-corrected chi connectivity index (χ4v) is 3.47. The van der Waals surface area contributed by atoms with E-state index in [2.05, 4.69) is 21.2 Å². The monoisotopic (exact) mass is 363 g/mol. The average Bonchev–Trinajstić information content (AvgIpc) is 2.43. The minimum absolute atomic E-state index is 0.0834. The summed E-state index contributed by atoms with van der Waals surface area (Å²) in [6, 6.07) is 4.97. The van der Waals surface area contributed by atoms with Gasteiger partial charge in [-0.05, 0) is 31.0 Å². The first-order chi connectivity index (χ1) is 9.06. The normalized spacial score (nSPS) is 18.1.